The standard InChI is InChI=1S/C19H26N6O/c26-19(4-2-8-24-15-21-14-22-24)25-12-17-5-6-18(25)13-23(11-17)10-16-3-1-7-20-9-16/h1,3,7,9,14-15,17-18H,2,4-6,8,10-13H2. The van der Waals surface area contributed by atoms with Gasteiger partial charge in [-0.05, 0) is 36.8 Å². The Morgan fingerprint density at radius 3 is 2.96 bits per heavy atom. The molecule has 1 amide bonds. The van der Waals surface area contributed by atoms with Gasteiger partial charge in [0.2, 0.25) is 5.91 Å². The maximum absolute atomic E-state index is 12.8. The molecule has 0 aliphatic carbocycles. The molecule has 26 heavy (non-hydrogen) atoms. The van der Waals surface area contributed by atoms with Crippen molar-refractivity contribution in [3.8, 4) is 0 Å². The summed E-state index contributed by atoms with van der Waals surface area (Å²) in [6.45, 7) is 4.64. The fourth-order valence-electron chi connectivity index (χ4n) is 4.25. The molecule has 0 radical (unpaired) electrons. The molecule has 7 nitrogen and oxygen atoms in total. The van der Waals surface area contributed by atoms with Gasteiger partial charge in [-0.15, -0.1) is 0 Å². The largest absolute Gasteiger partial charge is 0.338 e. The van der Waals surface area contributed by atoms with E-state index >= 15 is 0 Å². The van der Waals surface area contributed by atoms with Gasteiger partial charge in [-0.1, -0.05) is 6.07 Å². The van der Waals surface area contributed by atoms with Crippen LogP contribution in [-0.4, -0.2) is 61.1 Å². The molecule has 3 aliphatic heterocycles. The van der Waals surface area contributed by atoms with E-state index in [0.29, 0.717) is 24.3 Å². The highest BCUT2D eigenvalue weighted by atomic mass is 16.2. The number of hydrogen-bond donors (Lipinski definition) is 0. The summed E-state index contributed by atoms with van der Waals surface area (Å²) >= 11 is 0. The maximum atomic E-state index is 12.8. The Balaban J connectivity index is 1.33. The lowest BCUT2D eigenvalue weighted by Gasteiger charge is -2.36. The number of nitrogens with zero attached hydrogens (tertiary/aromatic N) is 6. The highest BCUT2D eigenvalue weighted by Gasteiger charge is 2.36. The second kappa shape index (κ2) is 7.95. The smallest absolute Gasteiger partial charge is 0.222 e. The molecule has 0 N–H and O–H groups in total. The van der Waals surface area contributed by atoms with Crippen molar-refractivity contribution >= 4 is 5.91 Å². The number of aromatic nitrogens is 4. The first-order valence-corrected chi connectivity index (χ1v) is 9.51. The van der Waals surface area contributed by atoms with Gasteiger partial charge >= 0.3 is 0 Å². The average molecular weight is 354 g/mol. The van der Waals surface area contributed by atoms with Gasteiger partial charge in [-0.25, -0.2) is 4.98 Å². The Hall–Kier alpha value is -2.28. The molecule has 3 fully saturated rings. The molecule has 2 aromatic rings. The van der Waals surface area contributed by atoms with Crippen molar-refractivity contribution in [1.29, 1.82) is 0 Å². The molecule has 0 saturated carbocycles. The number of amides is 1. The third-order valence-corrected chi connectivity index (χ3v) is 5.48. The second-order valence-electron chi connectivity index (χ2n) is 7.46. The minimum atomic E-state index is 0.294. The summed E-state index contributed by atoms with van der Waals surface area (Å²) in [7, 11) is 0. The lowest BCUT2D eigenvalue weighted by Crippen LogP contribution is -2.47. The summed E-state index contributed by atoms with van der Waals surface area (Å²) in [4.78, 5) is 25.6. The van der Waals surface area contributed by atoms with E-state index in [1.807, 2.05) is 18.5 Å². The molecule has 0 spiro atoms. The molecule has 2 aromatic heterocycles. The summed E-state index contributed by atoms with van der Waals surface area (Å²) in [6.07, 6.45) is 10.8. The first-order chi connectivity index (χ1) is 12.8. The summed E-state index contributed by atoms with van der Waals surface area (Å²) < 4.78 is 1.79. The number of fused-ring (bicyclic) bond motifs is 4. The molecule has 2 atom stereocenters. The van der Waals surface area contributed by atoms with E-state index in [1.165, 1.54) is 18.3 Å². The van der Waals surface area contributed by atoms with Crippen molar-refractivity contribution < 1.29 is 4.79 Å². The normalized spacial score (nSPS) is 23.2. The van der Waals surface area contributed by atoms with Crippen LogP contribution in [0.25, 0.3) is 0 Å². The quantitative estimate of drug-likeness (QED) is 0.788. The Kier molecular flexibility index (Phi) is 5.24. The van der Waals surface area contributed by atoms with Gasteiger partial charge in [-0.2, -0.15) is 5.10 Å². The van der Waals surface area contributed by atoms with E-state index in [-0.39, 0.29) is 0 Å². The van der Waals surface area contributed by atoms with Crippen molar-refractivity contribution in [2.24, 2.45) is 5.92 Å². The third-order valence-electron chi connectivity index (χ3n) is 5.48. The topological polar surface area (TPSA) is 67.2 Å². The maximum Gasteiger partial charge on any atom is 0.222 e. The summed E-state index contributed by atoms with van der Waals surface area (Å²) in [6, 6.07) is 4.48. The number of rotatable bonds is 6. The lowest BCUT2D eigenvalue weighted by molar-refractivity contribution is -0.135. The predicted octanol–water partition coefficient (Wildman–Crippen LogP) is 1.58. The van der Waals surface area contributed by atoms with Crippen LogP contribution in [0.3, 0.4) is 0 Å². The summed E-state index contributed by atoms with van der Waals surface area (Å²) in [5.41, 5.74) is 1.25. The van der Waals surface area contributed by atoms with Gasteiger partial charge in [0.15, 0.2) is 0 Å². The SMILES string of the molecule is O=C(CCCn1cncn1)N1CC2CCC1CN(Cc1cccnc1)C2. The molecule has 2 unspecified atom stereocenters. The van der Waals surface area contributed by atoms with Crippen molar-refractivity contribution in [2.75, 3.05) is 19.6 Å². The second-order valence-corrected chi connectivity index (χ2v) is 7.46. The molecular weight excluding hydrogens is 328 g/mol. The van der Waals surface area contributed by atoms with E-state index in [9.17, 15) is 4.79 Å². The predicted molar refractivity (Wildman–Crippen MR) is 97.0 cm³/mol. The molecule has 138 valence electrons. The molecule has 3 aliphatic rings. The Bertz CT molecular complexity index is 704. The Labute approximate surface area is 154 Å². The van der Waals surface area contributed by atoms with Gasteiger partial charge < -0.3 is 4.90 Å². The minimum Gasteiger partial charge on any atom is -0.338 e. The zero-order valence-corrected chi connectivity index (χ0v) is 15.1. The van der Waals surface area contributed by atoms with Crippen LogP contribution in [0.2, 0.25) is 0 Å². The van der Waals surface area contributed by atoms with E-state index < -0.39 is 0 Å². The number of piperidine rings is 1. The van der Waals surface area contributed by atoms with E-state index in [2.05, 4.69) is 30.9 Å². The number of carbonyl (C=O) groups is 1. The molecule has 5 heterocycles. The van der Waals surface area contributed by atoms with Crippen LogP contribution in [0.4, 0.5) is 0 Å². The van der Waals surface area contributed by atoms with Crippen LogP contribution in [0.1, 0.15) is 31.2 Å². The lowest BCUT2D eigenvalue weighted by atomic mass is 9.94. The van der Waals surface area contributed by atoms with Gasteiger partial charge in [0.25, 0.3) is 0 Å². The van der Waals surface area contributed by atoms with Crippen LogP contribution in [0.5, 0.6) is 0 Å². The van der Waals surface area contributed by atoms with Crippen molar-refractivity contribution in [3.63, 3.8) is 0 Å². The van der Waals surface area contributed by atoms with Crippen molar-refractivity contribution in [1.82, 2.24) is 29.5 Å². The Morgan fingerprint density at radius 2 is 2.15 bits per heavy atom. The van der Waals surface area contributed by atoms with Crippen molar-refractivity contribution in [3.05, 3.63) is 42.7 Å². The van der Waals surface area contributed by atoms with Gasteiger partial charge in [0, 0.05) is 57.6 Å². The molecule has 2 bridgehead atoms. The summed E-state index contributed by atoms with van der Waals surface area (Å²) in [5, 5.41) is 4.10. The zero-order valence-electron chi connectivity index (χ0n) is 15.1. The fourth-order valence-corrected chi connectivity index (χ4v) is 4.25. The molecule has 7 heteroatoms. The fraction of sp³-hybridized carbons (Fsp3) is 0.579. The number of hydrogen-bond acceptors (Lipinski definition) is 5. The monoisotopic (exact) mass is 354 g/mol. The zero-order chi connectivity index (χ0) is 17.8. The van der Waals surface area contributed by atoms with E-state index in [4.69, 9.17) is 0 Å². The molecule has 3 saturated heterocycles. The van der Waals surface area contributed by atoms with E-state index in [0.717, 1.165) is 45.6 Å². The van der Waals surface area contributed by atoms with Gasteiger partial charge in [-0.3, -0.25) is 19.4 Å². The average Bonchev–Trinajstić information content (AvgIpc) is 3.02. The highest BCUT2D eigenvalue weighted by Crippen LogP contribution is 2.29. The minimum absolute atomic E-state index is 0.294. The first-order valence-electron chi connectivity index (χ1n) is 9.51. The summed E-state index contributed by atoms with van der Waals surface area (Å²) in [5.74, 6) is 0.882. The van der Waals surface area contributed by atoms with Crippen molar-refractivity contribution in [2.45, 2.75) is 44.8 Å². The van der Waals surface area contributed by atoms with Gasteiger partial charge in [0.05, 0.1) is 0 Å². The first kappa shape index (κ1) is 17.1. The molecule has 5 rings (SSSR count). The van der Waals surface area contributed by atoms with E-state index in [1.54, 1.807) is 11.0 Å². The Morgan fingerprint density at radius 1 is 1.19 bits per heavy atom. The van der Waals surface area contributed by atoms with Crippen LogP contribution in [0.15, 0.2) is 37.2 Å². The highest BCUT2D eigenvalue weighted by molar-refractivity contribution is 5.76. The number of pyridine rings is 1. The third kappa shape index (κ3) is 4.09. The molecular formula is C19H26N6O. The van der Waals surface area contributed by atoms with Gasteiger partial charge in [0.1, 0.15) is 12.7 Å². The number of carbonyl (C=O) groups excluding carboxylic acids is 1. The van der Waals surface area contributed by atoms with Crippen LogP contribution in [0, 0.1) is 5.92 Å². The molecule has 0 aromatic carbocycles. The van der Waals surface area contributed by atoms with Crippen LogP contribution >= 0.6 is 0 Å². The number of aryl methyl sites for hydroxylation is 1. The van der Waals surface area contributed by atoms with Crippen LogP contribution in [-0.2, 0) is 17.9 Å². The van der Waals surface area contributed by atoms with Crippen LogP contribution < -0.4 is 0 Å².